The number of hydrogen-bond donors (Lipinski definition) is 3. The third kappa shape index (κ3) is 4.38. The molecule has 0 atom stereocenters. The summed E-state index contributed by atoms with van der Waals surface area (Å²) in [5.41, 5.74) is 1.59. The van der Waals surface area contributed by atoms with E-state index in [1.54, 1.807) is 30.3 Å². The van der Waals surface area contributed by atoms with E-state index in [2.05, 4.69) is 6.58 Å². The first-order chi connectivity index (χ1) is 17.7. The molecule has 0 heterocycles. The van der Waals surface area contributed by atoms with Crippen LogP contribution in [0.2, 0.25) is 0 Å². The zero-order chi connectivity index (χ0) is 27.6. The molecule has 0 aliphatic rings. The van der Waals surface area contributed by atoms with Crippen molar-refractivity contribution in [2.24, 2.45) is 0 Å². The molecule has 0 saturated carbocycles. The second kappa shape index (κ2) is 8.73. The highest BCUT2D eigenvalue weighted by atomic mass is 32.2. The van der Waals surface area contributed by atoms with Gasteiger partial charge in [0.05, 0.1) is 0 Å². The van der Waals surface area contributed by atoms with Crippen LogP contribution in [0.25, 0.3) is 38.4 Å². The number of rotatable bonds is 7. The second-order valence-corrected chi connectivity index (χ2v) is 12.6. The fraction of sp³-hybridized carbons (Fsp3) is 0.0400. The number of hydrogen-bond acceptors (Lipinski definition) is 7. The molecule has 0 aromatic heterocycles. The molecule has 5 aromatic carbocycles. The highest BCUT2D eigenvalue weighted by Crippen LogP contribution is 2.45. The van der Waals surface area contributed by atoms with Gasteiger partial charge in [0.1, 0.15) is 27.0 Å². The van der Waals surface area contributed by atoms with Gasteiger partial charge in [-0.25, -0.2) is 0 Å². The van der Waals surface area contributed by atoms with Crippen LogP contribution in [0.5, 0.6) is 5.75 Å². The molecule has 196 valence electrons. The molecule has 5 rings (SSSR count). The van der Waals surface area contributed by atoms with Gasteiger partial charge in [0.25, 0.3) is 30.4 Å². The topological polar surface area (TPSA) is 172 Å². The van der Waals surface area contributed by atoms with Gasteiger partial charge in [-0.1, -0.05) is 55.1 Å². The summed E-state index contributed by atoms with van der Waals surface area (Å²) < 4.78 is 109. The second-order valence-electron chi connectivity index (χ2n) is 8.48. The Morgan fingerprint density at radius 2 is 1.05 bits per heavy atom. The largest absolute Gasteiger partial charge is 0.488 e. The molecule has 0 bridgehead atoms. The predicted molar refractivity (Wildman–Crippen MR) is 140 cm³/mol. The fourth-order valence-corrected chi connectivity index (χ4v) is 6.74. The Kier molecular flexibility index (Phi) is 5.98. The van der Waals surface area contributed by atoms with Crippen molar-refractivity contribution in [1.29, 1.82) is 0 Å². The van der Waals surface area contributed by atoms with Crippen molar-refractivity contribution in [3.8, 4) is 5.75 Å². The van der Waals surface area contributed by atoms with E-state index in [0.29, 0.717) is 6.07 Å². The van der Waals surface area contributed by atoms with Gasteiger partial charge < -0.3 is 4.74 Å². The first-order valence-electron chi connectivity index (χ1n) is 10.8. The Bertz CT molecular complexity index is 2050. The van der Waals surface area contributed by atoms with Gasteiger partial charge in [-0.2, -0.15) is 25.3 Å². The van der Waals surface area contributed by atoms with Crippen molar-refractivity contribution in [2.75, 3.05) is 0 Å². The first kappa shape index (κ1) is 26.0. The summed E-state index contributed by atoms with van der Waals surface area (Å²) in [6.45, 7) is 3.67. The van der Waals surface area contributed by atoms with E-state index in [1.807, 2.05) is 0 Å². The van der Waals surface area contributed by atoms with E-state index in [1.165, 1.54) is 24.3 Å². The van der Waals surface area contributed by atoms with Crippen LogP contribution >= 0.6 is 0 Å². The Labute approximate surface area is 217 Å². The van der Waals surface area contributed by atoms with Crippen LogP contribution in [0.3, 0.4) is 0 Å². The van der Waals surface area contributed by atoms with Gasteiger partial charge in [0.2, 0.25) is 0 Å². The van der Waals surface area contributed by atoms with Crippen LogP contribution in [0.15, 0.2) is 81.9 Å². The quantitative estimate of drug-likeness (QED) is 0.185. The van der Waals surface area contributed by atoms with Gasteiger partial charge in [0, 0.05) is 38.4 Å². The first-order valence-corrected chi connectivity index (χ1v) is 15.1. The maximum atomic E-state index is 12.3. The lowest BCUT2D eigenvalue weighted by Crippen LogP contribution is -2.07. The molecule has 0 radical (unpaired) electrons. The molecule has 13 heteroatoms. The lowest BCUT2D eigenvalue weighted by molar-refractivity contribution is 0.309. The molecule has 38 heavy (non-hydrogen) atoms. The SMILES string of the molecule is C=Cc1ccc(COc2cc(S(=O)(=O)O)c3ccc4c(S(=O)(=O)O)cc(S(=O)(=O)O)c5ccc2c3c54)cc1. The standard InChI is InChI=1S/C25H18O10S3/c1-2-14-3-5-15(6-4-14)13-35-20-11-21(36(26,27)28)17-9-10-19-23(38(32,33)34)12-22(37(29,30)31)18-8-7-16(20)24(17)25(18)19/h2-12H,1,13H2,(H,26,27,28)(H,29,30,31)(H,32,33,34). The third-order valence-electron chi connectivity index (χ3n) is 6.19. The molecule has 10 nitrogen and oxygen atoms in total. The van der Waals surface area contributed by atoms with Gasteiger partial charge >= 0.3 is 0 Å². The normalized spacial score (nSPS) is 12.9. The van der Waals surface area contributed by atoms with Crippen molar-refractivity contribution >= 4 is 68.7 Å². The Balaban J connectivity index is 1.89. The van der Waals surface area contributed by atoms with Crippen molar-refractivity contribution in [3.63, 3.8) is 0 Å². The molecular weight excluding hydrogens is 556 g/mol. The summed E-state index contributed by atoms with van der Waals surface area (Å²) in [6, 6.07) is 14.0. The molecule has 0 saturated heterocycles. The van der Waals surface area contributed by atoms with E-state index in [9.17, 15) is 38.9 Å². The monoisotopic (exact) mass is 574 g/mol. The summed E-state index contributed by atoms with van der Waals surface area (Å²) in [7, 11) is -14.8. The highest BCUT2D eigenvalue weighted by molar-refractivity contribution is 7.87. The van der Waals surface area contributed by atoms with Crippen LogP contribution < -0.4 is 4.74 Å². The minimum absolute atomic E-state index is 0.00186. The van der Waals surface area contributed by atoms with Crippen molar-refractivity contribution in [3.05, 3.63) is 78.4 Å². The fourth-order valence-electron chi connectivity index (χ4n) is 4.54. The van der Waals surface area contributed by atoms with Crippen LogP contribution in [-0.2, 0) is 37.0 Å². The molecule has 0 amide bonds. The average molecular weight is 575 g/mol. The van der Waals surface area contributed by atoms with Crippen LogP contribution in [0.4, 0.5) is 0 Å². The van der Waals surface area contributed by atoms with Gasteiger partial charge in [-0.15, -0.1) is 0 Å². The third-order valence-corrected chi connectivity index (χ3v) is 8.87. The summed E-state index contributed by atoms with van der Waals surface area (Å²) in [5, 5.41) is -0.0899. The Hall–Kier alpha value is -3.59. The summed E-state index contributed by atoms with van der Waals surface area (Å²) in [6.07, 6.45) is 1.66. The van der Waals surface area contributed by atoms with Crippen molar-refractivity contribution in [1.82, 2.24) is 0 Å². The van der Waals surface area contributed by atoms with Gasteiger partial charge in [-0.3, -0.25) is 13.7 Å². The lowest BCUT2D eigenvalue weighted by atomic mass is 9.93. The van der Waals surface area contributed by atoms with Crippen LogP contribution in [0.1, 0.15) is 11.1 Å². The average Bonchev–Trinajstić information content (AvgIpc) is 2.84. The maximum absolute atomic E-state index is 12.3. The zero-order valence-electron chi connectivity index (χ0n) is 19.2. The minimum atomic E-state index is -4.99. The Morgan fingerprint density at radius 3 is 1.50 bits per heavy atom. The molecule has 3 N–H and O–H groups in total. The summed E-state index contributed by atoms with van der Waals surface area (Å²) in [4.78, 5) is -2.19. The minimum Gasteiger partial charge on any atom is -0.488 e. The zero-order valence-corrected chi connectivity index (χ0v) is 21.6. The van der Waals surface area contributed by atoms with E-state index in [0.717, 1.165) is 17.2 Å². The molecule has 0 aliphatic heterocycles. The van der Waals surface area contributed by atoms with Crippen LogP contribution in [-0.4, -0.2) is 38.9 Å². The van der Waals surface area contributed by atoms with Gasteiger partial charge in [-0.05, 0) is 23.3 Å². The molecule has 0 spiro atoms. The van der Waals surface area contributed by atoms with E-state index in [4.69, 9.17) is 4.74 Å². The van der Waals surface area contributed by atoms with Gasteiger partial charge in [0.15, 0.2) is 0 Å². The predicted octanol–water partition coefficient (Wildman–Crippen LogP) is 4.55. The van der Waals surface area contributed by atoms with E-state index in [-0.39, 0.29) is 44.7 Å². The van der Waals surface area contributed by atoms with E-state index >= 15 is 0 Å². The van der Waals surface area contributed by atoms with E-state index < -0.39 is 45.0 Å². The number of benzene rings is 5. The highest BCUT2D eigenvalue weighted by Gasteiger charge is 2.28. The van der Waals surface area contributed by atoms with Crippen LogP contribution in [0, 0.1) is 0 Å². The molecule has 0 aliphatic carbocycles. The summed E-state index contributed by atoms with van der Waals surface area (Å²) >= 11 is 0. The van der Waals surface area contributed by atoms with Crippen molar-refractivity contribution < 1.29 is 43.6 Å². The Morgan fingerprint density at radius 1 is 0.632 bits per heavy atom. The number of ether oxygens (including phenoxy) is 1. The maximum Gasteiger partial charge on any atom is 0.295 e. The summed E-state index contributed by atoms with van der Waals surface area (Å²) in [5.74, 6) is -0.00186. The lowest BCUT2D eigenvalue weighted by Gasteiger charge is -2.19. The smallest absolute Gasteiger partial charge is 0.295 e. The van der Waals surface area contributed by atoms with Crippen molar-refractivity contribution in [2.45, 2.75) is 21.3 Å². The molecule has 5 aromatic rings. The molecule has 0 fully saturated rings. The molecule has 0 unspecified atom stereocenters. The molecular formula is C25H18O10S3.